The van der Waals surface area contributed by atoms with Gasteiger partial charge in [-0.15, -0.1) is 0 Å². The number of aryl methyl sites for hydroxylation is 1. The van der Waals surface area contributed by atoms with Crippen molar-refractivity contribution in [2.24, 2.45) is 5.92 Å². The number of nitrogens with zero attached hydrogens (tertiary/aromatic N) is 2. The van der Waals surface area contributed by atoms with E-state index >= 15 is 0 Å². The lowest BCUT2D eigenvalue weighted by atomic mass is 9.85. The molecule has 3 nitrogen and oxygen atoms in total. The minimum Gasteiger partial charge on any atom is -0.292 e. The molecule has 1 aliphatic carbocycles. The van der Waals surface area contributed by atoms with Gasteiger partial charge in [-0.05, 0) is 35.2 Å². The van der Waals surface area contributed by atoms with Gasteiger partial charge in [0.05, 0.1) is 10.7 Å². The van der Waals surface area contributed by atoms with Gasteiger partial charge < -0.3 is 0 Å². The molecule has 0 saturated heterocycles. The lowest BCUT2D eigenvalue weighted by Gasteiger charge is -2.20. The number of hydrogen-bond acceptors (Lipinski definition) is 2. The molecule has 0 unspecified atom stereocenters. The summed E-state index contributed by atoms with van der Waals surface area (Å²) in [6.07, 6.45) is 10.1. The summed E-state index contributed by atoms with van der Waals surface area (Å²) in [4.78, 5) is 12.3. The molecule has 0 bridgehead atoms. The number of ketones is 1. The number of carbonyl (C=O) groups excluding carboxylic acids is 1. The van der Waals surface area contributed by atoms with Crippen LogP contribution in [-0.2, 0) is 6.54 Å². The van der Waals surface area contributed by atoms with E-state index in [-0.39, 0.29) is 5.78 Å². The van der Waals surface area contributed by atoms with Crippen molar-refractivity contribution in [3.63, 3.8) is 0 Å². The van der Waals surface area contributed by atoms with Gasteiger partial charge >= 0.3 is 0 Å². The highest BCUT2D eigenvalue weighted by Gasteiger charge is 2.19. The molecule has 1 aromatic rings. The van der Waals surface area contributed by atoms with Crippen LogP contribution in [0.5, 0.6) is 0 Å². The number of carbonyl (C=O) groups is 1. The lowest BCUT2D eigenvalue weighted by molar-refractivity contribution is 0.0959. The van der Waals surface area contributed by atoms with E-state index < -0.39 is 0 Å². The van der Waals surface area contributed by atoms with Crippen molar-refractivity contribution in [3.05, 3.63) is 16.4 Å². The fourth-order valence-corrected chi connectivity index (χ4v) is 3.33. The van der Waals surface area contributed by atoms with Crippen molar-refractivity contribution in [1.82, 2.24) is 9.78 Å². The van der Waals surface area contributed by atoms with E-state index in [0.717, 1.165) is 29.1 Å². The van der Waals surface area contributed by atoms with E-state index in [1.165, 1.54) is 32.1 Å². The second kappa shape index (κ2) is 6.50. The van der Waals surface area contributed by atoms with Gasteiger partial charge in [0.25, 0.3) is 0 Å². The van der Waals surface area contributed by atoms with Gasteiger partial charge in [0.2, 0.25) is 0 Å². The largest absolute Gasteiger partial charge is 0.292 e. The maximum absolute atomic E-state index is 12.3. The van der Waals surface area contributed by atoms with Gasteiger partial charge in [0.1, 0.15) is 5.69 Å². The summed E-state index contributed by atoms with van der Waals surface area (Å²) in [5, 5.41) is 4.20. The Bertz CT molecular complexity index is 408. The molecule has 0 N–H and O–H groups in total. The van der Waals surface area contributed by atoms with E-state index in [0.29, 0.717) is 6.42 Å². The summed E-state index contributed by atoms with van der Waals surface area (Å²) in [7, 11) is 0. The smallest absolute Gasteiger partial charge is 0.182 e. The Hall–Kier alpha value is -0.640. The standard InChI is InChI=1S/C14H21BrN2O/c1-2-17-14(12(15)10-16-17)13(18)9-8-11-6-4-3-5-7-11/h10-11H,2-9H2,1H3. The first-order valence-electron chi connectivity index (χ1n) is 6.97. The number of hydrogen-bond donors (Lipinski definition) is 0. The van der Waals surface area contributed by atoms with Crippen LogP contribution in [0.25, 0.3) is 0 Å². The van der Waals surface area contributed by atoms with E-state index in [2.05, 4.69) is 21.0 Å². The van der Waals surface area contributed by atoms with Gasteiger partial charge in [-0.1, -0.05) is 32.1 Å². The fourth-order valence-electron chi connectivity index (χ4n) is 2.81. The third kappa shape index (κ3) is 3.22. The number of rotatable bonds is 5. The first-order chi connectivity index (χ1) is 8.72. The summed E-state index contributed by atoms with van der Waals surface area (Å²) in [6.45, 7) is 2.76. The normalized spacial score (nSPS) is 17.0. The highest BCUT2D eigenvalue weighted by Crippen LogP contribution is 2.28. The Kier molecular flexibility index (Phi) is 4.98. The van der Waals surface area contributed by atoms with Crippen LogP contribution in [0, 0.1) is 5.92 Å². The van der Waals surface area contributed by atoms with Crippen LogP contribution in [0.15, 0.2) is 10.7 Å². The Balaban J connectivity index is 1.92. The monoisotopic (exact) mass is 312 g/mol. The molecule has 2 rings (SSSR count). The third-order valence-electron chi connectivity index (χ3n) is 3.86. The van der Waals surface area contributed by atoms with Crippen molar-refractivity contribution in [2.75, 3.05) is 0 Å². The molecule has 0 amide bonds. The highest BCUT2D eigenvalue weighted by atomic mass is 79.9. The summed E-state index contributed by atoms with van der Waals surface area (Å²) >= 11 is 3.42. The molecular weight excluding hydrogens is 292 g/mol. The Morgan fingerprint density at radius 2 is 2.17 bits per heavy atom. The Morgan fingerprint density at radius 1 is 1.44 bits per heavy atom. The van der Waals surface area contributed by atoms with Crippen LogP contribution in [-0.4, -0.2) is 15.6 Å². The molecule has 0 aromatic carbocycles. The summed E-state index contributed by atoms with van der Waals surface area (Å²) in [5.41, 5.74) is 0.744. The minimum atomic E-state index is 0.229. The molecule has 0 spiro atoms. The maximum atomic E-state index is 12.3. The highest BCUT2D eigenvalue weighted by molar-refractivity contribution is 9.10. The quantitative estimate of drug-likeness (QED) is 0.763. The molecule has 0 atom stereocenters. The van der Waals surface area contributed by atoms with Gasteiger partial charge in [0, 0.05) is 13.0 Å². The summed E-state index contributed by atoms with van der Waals surface area (Å²) in [6, 6.07) is 0. The molecule has 1 aromatic heterocycles. The van der Waals surface area contributed by atoms with E-state index in [1.807, 2.05) is 6.92 Å². The van der Waals surface area contributed by atoms with Crippen molar-refractivity contribution in [3.8, 4) is 0 Å². The average Bonchev–Trinajstić information content (AvgIpc) is 2.78. The van der Waals surface area contributed by atoms with Crippen LogP contribution in [0.2, 0.25) is 0 Å². The van der Waals surface area contributed by atoms with Crippen molar-refractivity contribution in [2.45, 2.75) is 58.4 Å². The predicted molar refractivity (Wildman–Crippen MR) is 75.7 cm³/mol. The van der Waals surface area contributed by atoms with E-state index in [1.54, 1.807) is 10.9 Å². The topological polar surface area (TPSA) is 34.9 Å². The molecular formula is C14H21BrN2O. The van der Waals surface area contributed by atoms with Gasteiger partial charge in [-0.2, -0.15) is 5.10 Å². The molecule has 1 saturated carbocycles. The second-order valence-corrected chi connectivity index (χ2v) is 5.98. The predicted octanol–water partition coefficient (Wildman–Crippen LogP) is 4.21. The molecule has 0 aliphatic heterocycles. The lowest BCUT2D eigenvalue weighted by Crippen LogP contribution is -2.13. The molecule has 0 radical (unpaired) electrons. The van der Waals surface area contributed by atoms with Crippen molar-refractivity contribution >= 4 is 21.7 Å². The van der Waals surface area contributed by atoms with Crippen LogP contribution < -0.4 is 0 Å². The molecule has 100 valence electrons. The summed E-state index contributed by atoms with van der Waals surface area (Å²) in [5.74, 6) is 0.992. The number of aromatic nitrogens is 2. The molecule has 18 heavy (non-hydrogen) atoms. The second-order valence-electron chi connectivity index (χ2n) is 5.12. The molecule has 4 heteroatoms. The molecule has 1 heterocycles. The van der Waals surface area contributed by atoms with Crippen LogP contribution in [0.1, 0.15) is 62.4 Å². The average molecular weight is 313 g/mol. The Labute approximate surface area is 117 Å². The van der Waals surface area contributed by atoms with Crippen LogP contribution in [0.3, 0.4) is 0 Å². The van der Waals surface area contributed by atoms with E-state index in [9.17, 15) is 4.79 Å². The molecule has 1 fully saturated rings. The van der Waals surface area contributed by atoms with Gasteiger partial charge in [0.15, 0.2) is 5.78 Å². The zero-order chi connectivity index (χ0) is 13.0. The van der Waals surface area contributed by atoms with Gasteiger partial charge in [-0.3, -0.25) is 9.48 Å². The zero-order valence-corrected chi connectivity index (χ0v) is 12.6. The first kappa shape index (κ1) is 13.8. The zero-order valence-electron chi connectivity index (χ0n) is 11.0. The first-order valence-corrected chi connectivity index (χ1v) is 7.76. The summed E-state index contributed by atoms with van der Waals surface area (Å²) < 4.78 is 2.62. The van der Waals surface area contributed by atoms with Crippen LogP contribution in [0.4, 0.5) is 0 Å². The number of halogens is 1. The van der Waals surface area contributed by atoms with Crippen molar-refractivity contribution in [1.29, 1.82) is 0 Å². The van der Waals surface area contributed by atoms with Gasteiger partial charge in [-0.25, -0.2) is 0 Å². The third-order valence-corrected chi connectivity index (χ3v) is 4.44. The SMILES string of the molecule is CCn1ncc(Br)c1C(=O)CCC1CCCCC1. The maximum Gasteiger partial charge on any atom is 0.182 e. The van der Waals surface area contributed by atoms with E-state index in [4.69, 9.17) is 0 Å². The number of Topliss-reactive ketones (excluding diaryl/α,β-unsaturated/α-hetero) is 1. The Morgan fingerprint density at radius 3 is 2.83 bits per heavy atom. The van der Waals surface area contributed by atoms with Crippen LogP contribution >= 0.6 is 15.9 Å². The van der Waals surface area contributed by atoms with Crippen molar-refractivity contribution < 1.29 is 4.79 Å². The molecule has 1 aliphatic rings. The fraction of sp³-hybridized carbons (Fsp3) is 0.714. The minimum absolute atomic E-state index is 0.229.